The Bertz CT molecular complexity index is 4060. The minimum absolute atomic E-state index is 0.00947. The number of aromatic nitrogens is 1. The van der Waals surface area contributed by atoms with Crippen LogP contribution in [0, 0.1) is 13.8 Å². The van der Waals surface area contributed by atoms with E-state index < -0.39 is 0 Å². The highest BCUT2D eigenvalue weighted by molar-refractivity contribution is 7.00. The van der Waals surface area contributed by atoms with Gasteiger partial charge in [0.2, 0.25) is 0 Å². The Balaban J connectivity index is 1.21. The molecule has 10 aromatic rings. The van der Waals surface area contributed by atoms with Crippen LogP contribution in [0.3, 0.4) is 0 Å². The summed E-state index contributed by atoms with van der Waals surface area (Å²) in [6.45, 7) is 39.3. The molecule has 4 nitrogen and oxygen atoms in total. The van der Waals surface area contributed by atoms with E-state index in [9.17, 15) is 0 Å². The van der Waals surface area contributed by atoms with E-state index >= 15 is 0 Å². The van der Waals surface area contributed by atoms with Crippen LogP contribution in [0.25, 0.3) is 32.9 Å². The summed E-state index contributed by atoms with van der Waals surface area (Å²) in [6.07, 6.45) is 0. The SMILES string of the molecule is Cc1cc(C)cc(-c2cc3c4c(c2)N(c2ccc(N(c5ccc(C(C)(C)C)cc5)c5ccc(C(C)(C)C)cc5)c5c6ccccc6n(C)c25)c2ccc(C(C)(C)C)cc2B4c2cc(C(C)(C)C)ccc2N3c2ccc(C(C)(C)C)cc2)c1. The molecule has 2 aliphatic heterocycles. The van der Waals surface area contributed by atoms with Crippen LogP contribution in [0.15, 0.2) is 176 Å². The van der Waals surface area contributed by atoms with Gasteiger partial charge in [-0.1, -0.05) is 212 Å². The molecule has 3 heterocycles. The number of anilines is 9. The number of hydrogen-bond acceptors (Lipinski definition) is 3. The first-order valence-electron chi connectivity index (χ1n) is 29.8. The third kappa shape index (κ3) is 9.33. The molecule has 0 amide bonds. The molecule has 1 aromatic heterocycles. The zero-order valence-electron chi connectivity index (χ0n) is 52.1. The first-order chi connectivity index (χ1) is 38.6. The summed E-state index contributed by atoms with van der Waals surface area (Å²) in [7, 11) is 2.28. The summed E-state index contributed by atoms with van der Waals surface area (Å²) in [6, 6.07) is 68.8. The van der Waals surface area contributed by atoms with E-state index in [0.717, 1.165) is 28.4 Å². The third-order valence-electron chi connectivity index (χ3n) is 17.8. The maximum Gasteiger partial charge on any atom is 0.252 e. The molecule has 414 valence electrons. The molecule has 0 radical (unpaired) electrons. The van der Waals surface area contributed by atoms with Gasteiger partial charge in [0.15, 0.2) is 0 Å². The van der Waals surface area contributed by atoms with Gasteiger partial charge in [0.25, 0.3) is 6.71 Å². The van der Waals surface area contributed by atoms with Crippen molar-refractivity contribution in [2.24, 2.45) is 7.05 Å². The molecule has 0 fully saturated rings. The number of hydrogen-bond donors (Lipinski definition) is 0. The maximum atomic E-state index is 2.66. The van der Waals surface area contributed by atoms with Gasteiger partial charge >= 0.3 is 0 Å². The summed E-state index contributed by atoms with van der Waals surface area (Å²) in [5.74, 6) is 0. The molecule has 0 bridgehead atoms. The van der Waals surface area contributed by atoms with Gasteiger partial charge in [0, 0.05) is 63.1 Å². The lowest BCUT2D eigenvalue weighted by atomic mass is 9.33. The Morgan fingerprint density at radius 3 is 1.28 bits per heavy atom. The second kappa shape index (κ2) is 19.2. The predicted molar refractivity (Wildman–Crippen MR) is 358 cm³/mol. The van der Waals surface area contributed by atoms with Gasteiger partial charge in [-0.25, -0.2) is 0 Å². The zero-order valence-corrected chi connectivity index (χ0v) is 52.1. The molecule has 2 aliphatic rings. The van der Waals surface area contributed by atoms with Gasteiger partial charge in [-0.3, -0.25) is 0 Å². The van der Waals surface area contributed by atoms with E-state index in [4.69, 9.17) is 0 Å². The molecule has 0 spiro atoms. The Morgan fingerprint density at radius 2 is 0.793 bits per heavy atom. The zero-order chi connectivity index (χ0) is 58.3. The largest absolute Gasteiger partial charge is 0.342 e. The first kappa shape index (κ1) is 54.8. The monoisotopic (exact) mass is 1070 g/mol. The number of rotatable bonds is 6. The molecule has 0 saturated carbocycles. The van der Waals surface area contributed by atoms with Crippen molar-refractivity contribution in [2.45, 2.75) is 145 Å². The van der Waals surface area contributed by atoms with Gasteiger partial charge in [-0.05, 0) is 175 Å². The van der Waals surface area contributed by atoms with E-state index in [0.29, 0.717) is 0 Å². The lowest BCUT2D eigenvalue weighted by Crippen LogP contribution is -2.61. The van der Waals surface area contributed by atoms with Crippen molar-refractivity contribution in [1.82, 2.24) is 4.57 Å². The molecule has 0 aliphatic carbocycles. The Hall–Kier alpha value is -7.76. The Morgan fingerprint density at radius 1 is 0.378 bits per heavy atom. The van der Waals surface area contributed by atoms with Crippen LogP contribution in [0.5, 0.6) is 0 Å². The van der Waals surface area contributed by atoms with Gasteiger partial charge in [0.1, 0.15) is 0 Å². The second-order valence-corrected chi connectivity index (χ2v) is 29.1. The highest BCUT2D eigenvalue weighted by Crippen LogP contribution is 2.52. The van der Waals surface area contributed by atoms with Crippen LogP contribution in [0.1, 0.15) is 143 Å². The summed E-state index contributed by atoms with van der Waals surface area (Å²) in [4.78, 5) is 7.76. The minimum atomic E-state index is -0.0914. The van der Waals surface area contributed by atoms with Crippen molar-refractivity contribution < 1.29 is 0 Å². The van der Waals surface area contributed by atoms with Crippen molar-refractivity contribution in [2.75, 3.05) is 14.7 Å². The van der Waals surface area contributed by atoms with Crippen molar-refractivity contribution >= 4 is 96.1 Å². The number of para-hydroxylation sites is 1. The van der Waals surface area contributed by atoms with Gasteiger partial charge in [-0.2, -0.15) is 0 Å². The van der Waals surface area contributed by atoms with Gasteiger partial charge in [0.05, 0.1) is 16.9 Å². The standard InChI is InChI=1S/C77H83BN4/c1-48-41-49(2)43-50(42-48)51-44-68-71-69(45-51)82(65-38-30-56(77(15,16)17)47-62(65)78(71)61-46-55(76(12,13)14)29-37-64(61)81(68)59-35-27-54(28-36-59)75(9,10)11)67-40-39-66(70-60-21-19-20-22-63(60)79(18)72(67)70)80(57-31-23-52(24-32-57)73(3,4)5)58-33-25-53(26-34-58)74(6,7)8/h19-47H,1-18H3. The second-order valence-electron chi connectivity index (χ2n) is 29.1. The average molecular weight is 1080 g/mol. The molecular weight excluding hydrogens is 992 g/mol. The summed E-state index contributed by atoms with van der Waals surface area (Å²) in [5, 5.41) is 2.43. The molecule has 12 rings (SSSR count). The van der Waals surface area contributed by atoms with Gasteiger partial charge < -0.3 is 19.3 Å². The Labute approximate surface area is 490 Å². The van der Waals surface area contributed by atoms with Gasteiger partial charge in [-0.15, -0.1) is 0 Å². The molecule has 9 aromatic carbocycles. The smallest absolute Gasteiger partial charge is 0.252 e. The van der Waals surface area contributed by atoms with Crippen LogP contribution in [0.4, 0.5) is 51.2 Å². The minimum Gasteiger partial charge on any atom is -0.342 e. The Kier molecular flexibility index (Phi) is 12.8. The predicted octanol–water partition coefficient (Wildman–Crippen LogP) is 19.7. The van der Waals surface area contributed by atoms with Crippen LogP contribution in [-0.4, -0.2) is 11.3 Å². The van der Waals surface area contributed by atoms with Crippen LogP contribution < -0.4 is 31.1 Å². The lowest BCUT2D eigenvalue weighted by molar-refractivity contribution is 0.590. The highest BCUT2D eigenvalue weighted by Gasteiger charge is 2.45. The number of aryl methyl sites for hydroxylation is 3. The van der Waals surface area contributed by atoms with Crippen LogP contribution in [0.2, 0.25) is 0 Å². The molecule has 0 unspecified atom stereocenters. The van der Waals surface area contributed by atoms with E-state index in [1.807, 2.05) is 0 Å². The number of benzene rings is 9. The summed E-state index contributed by atoms with van der Waals surface area (Å²) >= 11 is 0. The quantitative estimate of drug-likeness (QED) is 0.154. The fourth-order valence-corrected chi connectivity index (χ4v) is 13.2. The number of nitrogens with zero attached hydrogens (tertiary/aromatic N) is 4. The highest BCUT2D eigenvalue weighted by atomic mass is 15.2. The first-order valence-corrected chi connectivity index (χ1v) is 29.8. The summed E-state index contributed by atoms with van der Waals surface area (Å²) in [5.41, 5.74) is 28.3. The fourth-order valence-electron chi connectivity index (χ4n) is 13.2. The molecule has 5 heteroatoms. The van der Waals surface area contributed by atoms with Crippen LogP contribution in [-0.2, 0) is 34.1 Å². The number of fused-ring (bicyclic) bond motifs is 7. The van der Waals surface area contributed by atoms with E-state index in [-0.39, 0.29) is 33.8 Å². The van der Waals surface area contributed by atoms with Crippen molar-refractivity contribution in [3.05, 3.63) is 215 Å². The molecule has 0 saturated heterocycles. The maximum absolute atomic E-state index is 2.66. The fraction of sp³-hybridized carbons (Fsp3) is 0.299. The summed E-state index contributed by atoms with van der Waals surface area (Å²) < 4.78 is 2.47. The van der Waals surface area contributed by atoms with E-state index in [1.165, 1.54) is 111 Å². The average Bonchev–Trinajstić information content (AvgIpc) is 1.37. The van der Waals surface area contributed by atoms with Crippen LogP contribution >= 0.6 is 0 Å². The molecular formula is C77H83BN4. The topological polar surface area (TPSA) is 14.7 Å². The molecule has 0 atom stereocenters. The van der Waals surface area contributed by atoms with Crippen molar-refractivity contribution in [1.29, 1.82) is 0 Å². The third-order valence-corrected chi connectivity index (χ3v) is 17.8. The van der Waals surface area contributed by atoms with E-state index in [1.54, 1.807) is 0 Å². The van der Waals surface area contributed by atoms with Crippen molar-refractivity contribution in [3.63, 3.8) is 0 Å². The van der Waals surface area contributed by atoms with E-state index in [2.05, 4.69) is 320 Å². The lowest BCUT2D eigenvalue weighted by Gasteiger charge is -2.45. The molecule has 82 heavy (non-hydrogen) atoms. The molecule has 0 N–H and O–H groups in total. The van der Waals surface area contributed by atoms with Crippen molar-refractivity contribution in [3.8, 4) is 11.1 Å². The normalized spacial score (nSPS) is 13.7.